The average molecular weight is 280 g/mol. The van der Waals surface area contributed by atoms with E-state index in [2.05, 4.69) is 26.8 Å². The second-order valence-electron chi connectivity index (χ2n) is 6.71. The van der Waals surface area contributed by atoms with Crippen LogP contribution in [0.3, 0.4) is 0 Å². The van der Waals surface area contributed by atoms with Crippen LogP contribution in [0.4, 0.5) is 0 Å². The molecule has 0 saturated heterocycles. The van der Waals surface area contributed by atoms with Crippen LogP contribution in [0.2, 0.25) is 0 Å². The first-order valence-electron chi connectivity index (χ1n) is 9.09. The quantitative estimate of drug-likeness (QED) is 0.313. The van der Waals surface area contributed by atoms with Gasteiger partial charge in [0.15, 0.2) is 0 Å². The van der Waals surface area contributed by atoms with Gasteiger partial charge in [0.1, 0.15) is 0 Å². The Kier molecular flexibility index (Phi) is 13.1. The fourth-order valence-electron chi connectivity index (χ4n) is 2.83. The first kappa shape index (κ1) is 19.5. The molecule has 0 aromatic heterocycles. The molecule has 0 spiro atoms. The fraction of sp³-hybridized carbons (Fsp3) is 0.947. The van der Waals surface area contributed by atoms with Crippen molar-refractivity contribution >= 4 is 0 Å². The van der Waals surface area contributed by atoms with E-state index in [4.69, 9.17) is 0 Å². The van der Waals surface area contributed by atoms with E-state index >= 15 is 0 Å². The molecular formula is C19H37N. The molecule has 0 heterocycles. The Morgan fingerprint density at radius 1 is 0.650 bits per heavy atom. The van der Waals surface area contributed by atoms with Gasteiger partial charge in [0.2, 0.25) is 0 Å². The van der Waals surface area contributed by atoms with Crippen molar-refractivity contribution in [3.63, 3.8) is 0 Å². The third-order valence-electron chi connectivity index (χ3n) is 4.43. The molecule has 0 radical (unpaired) electrons. The maximum atomic E-state index is 9.41. The van der Waals surface area contributed by atoms with E-state index in [1.54, 1.807) is 0 Å². The first-order chi connectivity index (χ1) is 9.68. The fourth-order valence-corrected chi connectivity index (χ4v) is 2.83. The summed E-state index contributed by atoms with van der Waals surface area (Å²) in [5.41, 5.74) is -0.0599. The number of nitrogens with zero attached hydrogens (tertiary/aromatic N) is 1. The lowest BCUT2D eigenvalue weighted by Crippen LogP contribution is -2.13. The topological polar surface area (TPSA) is 23.8 Å². The summed E-state index contributed by atoms with van der Waals surface area (Å²) in [6.45, 7) is 6.68. The highest BCUT2D eigenvalue weighted by atomic mass is 14.3. The summed E-state index contributed by atoms with van der Waals surface area (Å²) < 4.78 is 0. The van der Waals surface area contributed by atoms with Gasteiger partial charge >= 0.3 is 0 Å². The number of hydrogen-bond acceptors (Lipinski definition) is 1. The van der Waals surface area contributed by atoms with E-state index < -0.39 is 0 Å². The average Bonchev–Trinajstić information content (AvgIpc) is 2.46. The molecule has 1 nitrogen and oxygen atoms in total. The molecule has 0 amide bonds. The molecule has 0 aliphatic heterocycles. The van der Waals surface area contributed by atoms with E-state index in [1.165, 1.54) is 77.0 Å². The molecule has 0 N–H and O–H groups in total. The summed E-state index contributed by atoms with van der Waals surface area (Å²) in [6.07, 6.45) is 18.1. The molecule has 0 fully saturated rings. The van der Waals surface area contributed by atoms with Crippen LogP contribution in [0.1, 0.15) is 111 Å². The summed E-state index contributed by atoms with van der Waals surface area (Å²) in [5, 5.41) is 9.41. The number of nitriles is 1. The maximum Gasteiger partial charge on any atom is 0.0686 e. The van der Waals surface area contributed by atoms with Crippen LogP contribution in [0.15, 0.2) is 0 Å². The molecule has 0 aliphatic carbocycles. The van der Waals surface area contributed by atoms with Gasteiger partial charge in [0, 0.05) is 0 Å². The summed E-state index contributed by atoms with van der Waals surface area (Å²) in [4.78, 5) is 0. The smallest absolute Gasteiger partial charge is 0.0686 e. The molecule has 0 bridgehead atoms. The Bertz CT molecular complexity index is 241. The standard InChI is InChI=1S/C19H37N/c1-4-6-8-10-11-13-15-17-19(3,18-20)16-14-12-9-7-5-2/h4-17H2,1-3H3. The van der Waals surface area contributed by atoms with Crippen molar-refractivity contribution in [1.82, 2.24) is 0 Å². The number of hydrogen-bond donors (Lipinski definition) is 0. The van der Waals surface area contributed by atoms with Gasteiger partial charge in [0.05, 0.1) is 11.5 Å². The van der Waals surface area contributed by atoms with Gasteiger partial charge in [-0.3, -0.25) is 0 Å². The van der Waals surface area contributed by atoms with Crippen molar-refractivity contribution in [3.8, 4) is 6.07 Å². The van der Waals surface area contributed by atoms with Crippen LogP contribution in [0.5, 0.6) is 0 Å². The third kappa shape index (κ3) is 11.3. The number of unbranched alkanes of at least 4 members (excludes halogenated alkanes) is 10. The summed E-state index contributed by atoms with van der Waals surface area (Å²) in [7, 11) is 0. The minimum Gasteiger partial charge on any atom is -0.198 e. The van der Waals surface area contributed by atoms with E-state index in [1.807, 2.05) is 0 Å². The SMILES string of the molecule is CCCCCCCCCC(C)(C#N)CCCCCCC. The normalized spacial score (nSPS) is 13.9. The minimum absolute atomic E-state index is 0.0599. The summed E-state index contributed by atoms with van der Waals surface area (Å²) in [6, 6.07) is 2.58. The molecule has 0 rings (SSSR count). The van der Waals surface area contributed by atoms with Crippen molar-refractivity contribution in [1.29, 1.82) is 5.26 Å². The van der Waals surface area contributed by atoms with Crippen molar-refractivity contribution in [2.75, 3.05) is 0 Å². The largest absolute Gasteiger partial charge is 0.198 e. The maximum absolute atomic E-state index is 9.41. The molecule has 1 heteroatoms. The van der Waals surface area contributed by atoms with Gasteiger partial charge < -0.3 is 0 Å². The highest BCUT2D eigenvalue weighted by molar-refractivity contribution is 4.95. The second-order valence-corrected chi connectivity index (χ2v) is 6.71. The molecule has 0 saturated carbocycles. The van der Waals surface area contributed by atoms with Crippen LogP contribution in [0, 0.1) is 16.7 Å². The Labute approximate surface area is 128 Å². The van der Waals surface area contributed by atoms with Crippen LogP contribution < -0.4 is 0 Å². The Morgan fingerprint density at radius 2 is 1.00 bits per heavy atom. The molecule has 0 aromatic rings. The Morgan fingerprint density at radius 3 is 1.35 bits per heavy atom. The zero-order chi connectivity index (χ0) is 15.1. The van der Waals surface area contributed by atoms with Crippen LogP contribution in [-0.2, 0) is 0 Å². The molecule has 118 valence electrons. The van der Waals surface area contributed by atoms with Crippen molar-refractivity contribution in [2.24, 2.45) is 5.41 Å². The lowest BCUT2D eigenvalue weighted by Gasteiger charge is -2.21. The zero-order valence-electron chi connectivity index (χ0n) is 14.3. The monoisotopic (exact) mass is 279 g/mol. The second kappa shape index (κ2) is 13.5. The van der Waals surface area contributed by atoms with Gasteiger partial charge in [-0.05, 0) is 19.8 Å². The molecule has 1 unspecified atom stereocenters. The van der Waals surface area contributed by atoms with Crippen LogP contribution >= 0.6 is 0 Å². The molecule has 20 heavy (non-hydrogen) atoms. The predicted octanol–water partition coefficient (Wildman–Crippen LogP) is 7.02. The van der Waals surface area contributed by atoms with Crippen LogP contribution in [0.25, 0.3) is 0 Å². The van der Waals surface area contributed by atoms with Crippen LogP contribution in [-0.4, -0.2) is 0 Å². The third-order valence-corrected chi connectivity index (χ3v) is 4.43. The molecule has 0 aliphatic rings. The molecule has 1 atom stereocenters. The van der Waals surface area contributed by atoms with Crippen molar-refractivity contribution in [3.05, 3.63) is 0 Å². The highest BCUT2D eigenvalue weighted by Crippen LogP contribution is 2.30. The predicted molar refractivity (Wildman–Crippen MR) is 89.7 cm³/mol. The van der Waals surface area contributed by atoms with E-state index in [0.717, 1.165) is 12.8 Å². The lowest BCUT2D eigenvalue weighted by molar-refractivity contribution is 0.338. The lowest BCUT2D eigenvalue weighted by atomic mass is 9.81. The van der Waals surface area contributed by atoms with E-state index in [-0.39, 0.29) is 5.41 Å². The zero-order valence-corrected chi connectivity index (χ0v) is 14.3. The van der Waals surface area contributed by atoms with Crippen molar-refractivity contribution < 1.29 is 0 Å². The van der Waals surface area contributed by atoms with Gasteiger partial charge in [0.25, 0.3) is 0 Å². The van der Waals surface area contributed by atoms with Gasteiger partial charge in [-0.25, -0.2) is 0 Å². The van der Waals surface area contributed by atoms with E-state index in [0.29, 0.717) is 0 Å². The first-order valence-corrected chi connectivity index (χ1v) is 9.09. The molecule has 0 aromatic carbocycles. The van der Waals surface area contributed by atoms with Crippen molar-refractivity contribution in [2.45, 2.75) is 111 Å². The van der Waals surface area contributed by atoms with E-state index in [9.17, 15) is 5.26 Å². The van der Waals surface area contributed by atoms with Gasteiger partial charge in [-0.15, -0.1) is 0 Å². The number of rotatable bonds is 14. The highest BCUT2D eigenvalue weighted by Gasteiger charge is 2.22. The Hall–Kier alpha value is -0.510. The van der Waals surface area contributed by atoms with Gasteiger partial charge in [-0.2, -0.15) is 5.26 Å². The Balaban J connectivity index is 3.59. The summed E-state index contributed by atoms with van der Waals surface area (Å²) >= 11 is 0. The molecular weight excluding hydrogens is 242 g/mol. The van der Waals surface area contributed by atoms with Gasteiger partial charge in [-0.1, -0.05) is 90.9 Å². The minimum atomic E-state index is -0.0599. The summed E-state index contributed by atoms with van der Waals surface area (Å²) in [5.74, 6) is 0.